The van der Waals surface area contributed by atoms with Crippen LogP contribution in [0.3, 0.4) is 0 Å². The van der Waals surface area contributed by atoms with Crippen LogP contribution in [0.4, 0.5) is 5.95 Å². The standard InChI is InChI=1S/C18H14BrN7O/c19-15-5-1-13(2-6-15)9-25-12-21-18(24-25)23-17(27)14-3-7-16(8-4-14)26-11-20-10-22-26/h1-8,10-12H,9H2,(H,23,24,27). The highest BCUT2D eigenvalue weighted by Gasteiger charge is 2.10. The van der Waals surface area contributed by atoms with Gasteiger partial charge in [-0.2, -0.15) is 5.10 Å². The number of amides is 1. The first-order valence-electron chi connectivity index (χ1n) is 8.08. The molecule has 0 atom stereocenters. The molecule has 1 amide bonds. The molecular formula is C18H14BrN7O. The average molecular weight is 424 g/mol. The Balaban J connectivity index is 1.41. The Morgan fingerprint density at radius 2 is 1.81 bits per heavy atom. The molecule has 134 valence electrons. The molecule has 0 aliphatic carbocycles. The van der Waals surface area contributed by atoms with Crippen molar-refractivity contribution >= 4 is 27.8 Å². The van der Waals surface area contributed by atoms with Crippen molar-refractivity contribution < 1.29 is 4.79 Å². The molecule has 0 spiro atoms. The molecule has 1 N–H and O–H groups in total. The zero-order valence-corrected chi connectivity index (χ0v) is 15.6. The molecule has 0 unspecified atom stereocenters. The molecule has 4 aromatic rings. The van der Waals surface area contributed by atoms with Crippen molar-refractivity contribution in [3.63, 3.8) is 0 Å². The molecule has 0 saturated heterocycles. The Morgan fingerprint density at radius 3 is 2.52 bits per heavy atom. The second-order valence-electron chi connectivity index (χ2n) is 5.73. The van der Waals surface area contributed by atoms with Crippen LogP contribution >= 0.6 is 15.9 Å². The van der Waals surface area contributed by atoms with Crippen molar-refractivity contribution in [3.8, 4) is 5.69 Å². The van der Waals surface area contributed by atoms with Gasteiger partial charge in [-0.1, -0.05) is 28.1 Å². The minimum absolute atomic E-state index is 0.262. The highest BCUT2D eigenvalue weighted by molar-refractivity contribution is 9.10. The van der Waals surface area contributed by atoms with E-state index in [1.807, 2.05) is 24.3 Å². The summed E-state index contributed by atoms with van der Waals surface area (Å²) in [6.07, 6.45) is 4.64. The lowest BCUT2D eigenvalue weighted by molar-refractivity contribution is 0.102. The quantitative estimate of drug-likeness (QED) is 0.532. The molecule has 4 rings (SSSR count). The van der Waals surface area contributed by atoms with E-state index in [0.29, 0.717) is 12.1 Å². The third-order valence-electron chi connectivity index (χ3n) is 3.83. The fourth-order valence-corrected chi connectivity index (χ4v) is 2.75. The van der Waals surface area contributed by atoms with Crippen LogP contribution in [0.1, 0.15) is 15.9 Å². The van der Waals surface area contributed by atoms with E-state index in [2.05, 4.69) is 41.4 Å². The van der Waals surface area contributed by atoms with Gasteiger partial charge in [-0.05, 0) is 42.0 Å². The van der Waals surface area contributed by atoms with Crippen molar-refractivity contribution in [2.24, 2.45) is 0 Å². The molecule has 0 bridgehead atoms. The van der Waals surface area contributed by atoms with E-state index in [-0.39, 0.29) is 11.9 Å². The van der Waals surface area contributed by atoms with Crippen LogP contribution in [-0.2, 0) is 6.54 Å². The predicted octanol–water partition coefficient (Wildman–Crippen LogP) is 2.92. The van der Waals surface area contributed by atoms with E-state index in [0.717, 1.165) is 15.7 Å². The first kappa shape index (κ1) is 17.1. The number of anilines is 1. The van der Waals surface area contributed by atoms with Gasteiger partial charge in [0.1, 0.15) is 19.0 Å². The maximum Gasteiger partial charge on any atom is 0.258 e. The number of benzene rings is 2. The molecule has 8 nitrogen and oxygen atoms in total. The van der Waals surface area contributed by atoms with E-state index in [9.17, 15) is 4.79 Å². The van der Waals surface area contributed by atoms with Crippen molar-refractivity contribution in [1.82, 2.24) is 29.5 Å². The zero-order chi connectivity index (χ0) is 18.6. The molecule has 2 aromatic heterocycles. The van der Waals surface area contributed by atoms with Gasteiger partial charge in [0.15, 0.2) is 0 Å². The van der Waals surface area contributed by atoms with Crippen molar-refractivity contribution in [2.45, 2.75) is 6.54 Å². The normalized spacial score (nSPS) is 10.7. The van der Waals surface area contributed by atoms with E-state index in [1.165, 1.54) is 6.33 Å². The monoisotopic (exact) mass is 423 g/mol. The van der Waals surface area contributed by atoms with E-state index in [4.69, 9.17) is 0 Å². The zero-order valence-electron chi connectivity index (χ0n) is 14.0. The SMILES string of the molecule is O=C(Nc1ncn(Cc2ccc(Br)cc2)n1)c1ccc(-n2cncn2)cc1. The summed E-state index contributed by atoms with van der Waals surface area (Å²) in [7, 11) is 0. The summed E-state index contributed by atoms with van der Waals surface area (Å²) in [5.41, 5.74) is 2.41. The maximum atomic E-state index is 12.4. The highest BCUT2D eigenvalue weighted by atomic mass is 79.9. The lowest BCUT2D eigenvalue weighted by Gasteiger charge is -2.04. The Labute approximate surface area is 163 Å². The predicted molar refractivity (Wildman–Crippen MR) is 103 cm³/mol. The fourth-order valence-electron chi connectivity index (χ4n) is 2.49. The third kappa shape index (κ3) is 4.09. The minimum Gasteiger partial charge on any atom is -0.289 e. The summed E-state index contributed by atoms with van der Waals surface area (Å²) < 4.78 is 4.31. The molecular weight excluding hydrogens is 410 g/mol. The number of nitrogens with one attached hydrogen (secondary N) is 1. The Morgan fingerprint density at radius 1 is 1.04 bits per heavy atom. The van der Waals surface area contributed by atoms with Gasteiger partial charge in [-0.3, -0.25) is 10.1 Å². The van der Waals surface area contributed by atoms with E-state index < -0.39 is 0 Å². The van der Waals surface area contributed by atoms with Crippen LogP contribution in [0, 0.1) is 0 Å². The largest absolute Gasteiger partial charge is 0.289 e. The number of nitrogens with zero attached hydrogens (tertiary/aromatic N) is 6. The number of hydrogen-bond donors (Lipinski definition) is 1. The highest BCUT2D eigenvalue weighted by Crippen LogP contribution is 2.12. The number of carbonyl (C=O) groups excluding carboxylic acids is 1. The van der Waals surface area contributed by atoms with E-state index >= 15 is 0 Å². The molecule has 0 fully saturated rings. The van der Waals surface area contributed by atoms with Crippen LogP contribution in [0.25, 0.3) is 5.69 Å². The summed E-state index contributed by atoms with van der Waals surface area (Å²) in [6.45, 7) is 0.572. The molecule has 27 heavy (non-hydrogen) atoms. The van der Waals surface area contributed by atoms with Gasteiger partial charge in [0.2, 0.25) is 5.95 Å². The first-order chi connectivity index (χ1) is 13.2. The van der Waals surface area contributed by atoms with Gasteiger partial charge in [0.05, 0.1) is 12.2 Å². The van der Waals surface area contributed by atoms with Crippen molar-refractivity contribution in [2.75, 3.05) is 5.32 Å². The van der Waals surface area contributed by atoms with Crippen LogP contribution < -0.4 is 5.32 Å². The van der Waals surface area contributed by atoms with Crippen LogP contribution in [0.5, 0.6) is 0 Å². The number of hydrogen-bond acceptors (Lipinski definition) is 5. The number of halogens is 1. The average Bonchev–Trinajstić information content (AvgIpc) is 3.36. The van der Waals surface area contributed by atoms with Crippen molar-refractivity contribution in [1.29, 1.82) is 0 Å². The summed E-state index contributed by atoms with van der Waals surface area (Å²) in [4.78, 5) is 20.4. The molecule has 0 aliphatic rings. The minimum atomic E-state index is -0.276. The van der Waals surface area contributed by atoms with Gasteiger partial charge < -0.3 is 0 Å². The second-order valence-corrected chi connectivity index (χ2v) is 6.65. The maximum absolute atomic E-state index is 12.4. The topological polar surface area (TPSA) is 90.5 Å². The van der Waals surface area contributed by atoms with Crippen LogP contribution in [0.2, 0.25) is 0 Å². The fraction of sp³-hybridized carbons (Fsp3) is 0.0556. The third-order valence-corrected chi connectivity index (χ3v) is 4.36. The molecule has 0 aliphatic heterocycles. The lowest BCUT2D eigenvalue weighted by Crippen LogP contribution is -2.13. The number of carbonyl (C=O) groups is 1. The molecule has 0 radical (unpaired) electrons. The Hall–Kier alpha value is -3.33. The Kier molecular flexibility index (Phi) is 4.75. The van der Waals surface area contributed by atoms with Crippen molar-refractivity contribution in [3.05, 3.63) is 83.1 Å². The smallest absolute Gasteiger partial charge is 0.258 e. The first-order valence-corrected chi connectivity index (χ1v) is 8.87. The van der Waals surface area contributed by atoms with Gasteiger partial charge in [0.25, 0.3) is 5.91 Å². The summed E-state index contributed by atoms with van der Waals surface area (Å²) in [5, 5.41) is 11.0. The summed E-state index contributed by atoms with van der Waals surface area (Å²) >= 11 is 3.41. The van der Waals surface area contributed by atoms with Gasteiger partial charge in [-0.15, -0.1) is 5.10 Å². The van der Waals surface area contributed by atoms with Gasteiger partial charge in [-0.25, -0.2) is 19.3 Å². The lowest BCUT2D eigenvalue weighted by atomic mass is 10.2. The van der Waals surface area contributed by atoms with Gasteiger partial charge >= 0.3 is 0 Å². The molecule has 9 heteroatoms. The van der Waals surface area contributed by atoms with Gasteiger partial charge in [0, 0.05) is 10.0 Å². The second kappa shape index (κ2) is 7.50. The summed E-state index contributed by atoms with van der Waals surface area (Å²) in [5.74, 6) is -0.0148. The Bertz CT molecular complexity index is 1040. The number of rotatable bonds is 5. The van der Waals surface area contributed by atoms with Crippen LogP contribution in [0.15, 0.2) is 72.0 Å². The molecule has 2 heterocycles. The summed E-state index contributed by atoms with van der Waals surface area (Å²) in [6, 6.07) is 15.0. The van der Waals surface area contributed by atoms with Crippen LogP contribution in [-0.4, -0.2) is 35.4 Å². The van der Waals surface area contributed by atoms with E-state index in [1.54, 1.807) is 46.3 Å². The number of aromatic nitrogens is 6. The molecule has 0 saturated carbocycles. The molecule has 2 aromatic carbocycles.